The van der Waals surface area contributed by atoms with Gasteiger partial charge in [-0.1, -0.05) is 38.1 Å². The van der Waals surface area contributed by atoms with Gasteiger partial charge in [0.1, 0.15) is 6.04 Å². The van der Waals surface area contributed by atoms with E-state index in [0.29, 0.717) is 13.1 Å². The first kappa shape index (κ1) is 20.5. The van der Waals surface area contributed by atoms with Crippen LogP contribution in [0.3, 0.4) is 0 Å². The molecule has 1 aliphatic heterocycles. The van der Waals surface area contributed by atoms with Crippen LogP contribution < -0.4 is 15.5 Å². The Morgan fingerprint density at radius 2 is 1.93 bits per heavy atom. The van der Waals surface area contributed by atoms with E-state index in [1.165, 1.54) is 0 Å². The Bertz CT molecular complexity index is 855. The summed E-state index contributed by atoms with van der Waals surface area (Å²) in [5.74, 6) is -1.17. The first-order chi connectivity index (χ1) is 14.0. The van der Waals surface area contributed by atoms with Crippen LogP contribution in [0.2, 0.25) is 0 Å². The monoisotopic (exact) mass is 394 g/mol. The van der Waals surface area contributed by atoms with Crippen LogP contribution in [0.15, 0.2) is 54.9 Å². The quantitative estimate of drug-likeness (QED) is 0.750. The summed E-state index contributed by atoms with van der Waals surface area (Å²) in [7, 11) is 0. The number of hydrogen-bond donors (Lipinski definition) is 2. The molecule has 3 amide bonds. The van der Waals surface area contributed by atoms with Crippen LogP contribution in [0.5, 0.6) is 0 Å². The molecule has 2 N–H and O–H groups in total. The van der Waals surface area contributed by atoms with Crippen LogP contribution >= 0.6 is 0 Å². The number of rotatable bonds is 7. The molecule has 2 atom stereocenters. The van der Waals surface area contributed by atoms with E-state index >= 15 is 0 Å². The van der Waals surface area contributed by atoms with Gasteiger partial charge in [0, 0.05) is 37.6 Å². The van der Waals surface area contributed by atoms with Crippen molar-refractivity contribution in [2.45, 2.75) is 32.9 Å². The minimum atomic E-state index is -0.667. The molecule has 7 nitrogen and oxygen atoms in total. The van der Waals surface area contributed by atoms with Crippen molar-refractivity contribution in [2.24, 2.45) is 11.8 Å². The van der Waals surface area contributed by atoms with Crippen molar-refractivity contribution < 1.29 is 14.4 Å². The van der Waals surface area contributed by atoms with Gasteiger partial charge in [0.25, 0.3) is 0 Å². The molecule has 0 bridgehead atoms. The Balaban J connectivity index is 1.59. The third-order valence-corrected chi connectivity index (χ3v) is 5.00. The molecule has 0 unspecified atom stereocenters. The van der Waals surface area contributed by atoms with Gasteiger partial charge >= 0.3 is 0 Å². The molecule has 1 saturated heterocycles. The highest BCUT2D eigenvalue weighted by Crippen LogP contribution is 2.25. The van der Waals surface area contributed by atoms with Gasteiger partial charge in [0.05, 0.1) is 5.92 Å². The van der Waals surface area contributed by atoms with Crippen LogP contribution in [0.25, 0.3) is 0 Å². The number of nitrogens with one attached hydrogen (secondary N) is 2. The number of carbonyl (C=O) groups is 3. The summed E-state index contributed by atoms with van der Waals surface area (Å²) in [4.78, 5) is 43.4. The number of hydrogen-bond acceptors (Lipinski definition) is 4. The smallest absolute Gasteiger partial charge is 0.243 e. The number of pyridine rings is 1. The zero-order valence-electron chi connectivity index (χ0n) is 16.7. The van der Waals surface area contributed by atoms with Gasteiger partial charge in [-0.15, -0.1) is 0 Å². The second kappa shape index (κ2) is 9.32. The van der Waals surface area contributed by atoms with Crippen molar-refractivity contribution in [1.29, 1.82) is 0 Å². The molecule has 2 heterocycles. The van der Waals surface area contributed by atoms with Gasteiger partial charge in [0.2, 0.25) is 17.7 Å². The Morgan fingerprint density at radius 1 is 1.17 bits per heavy atom. The van der Waals surface area contributed by atoms with Crippen molar-refractivity contribution in [3.05, 3.63) is 60.4 Å². The van der Waals surface area contributed by atoms with E-state index in [1.54, 1.807) is 23.4 Å². The summed E-state index contributed by atoms with van der Waals surface area (Å²) in [6.07, 6.45) is 3.50. The number of anilines is 1. The van der Waals surface area contributed by atoms with Crippen LogP contribution in [0.1, 0.15) is 25.8 Å². The minimum absolute atomic E-state index is 0.0847. The molecule has 3 rings (SSSR count). The lowest BCUT2D eigenvalue weighted by Gasteiger charge is -2.23. The molecule has 29 heavy (non-hydrogen) atoms. The largest absolute Gasteiger partial charge is 0.350 e. The molecule has 0 saturated carbocycles. The molecule has 2 aromatic rings. The zero-order chi connectivity index (χ0) is 20.8. The van der Waals surface area contributed by atoms with Gasteiger partial charge in [0.15, 0.2) is 0 Å². The molecular weight excluding hydrogens is 368 g/mol. The Kier molecular flexibility index (Phi) is 6.59. The second-order valence-corrected chi connectivity index (χ2v) is 7.55. The van der Waals surface area contributed by atoms with Crippen molar-refractivity contribution in [1.82, 2.24) is 15.6 Å². The number of aromatic nitrogens is 1. The van der Waals surface area contributed by atoms with Gasteiger partial charge in [-0.2, -0.15) is 0 Å². The summed E-state index contributed by atoms with van der Waals surface area (Å²) < 4.78 is 0. The summed E-state index contributed by atoms with van der Waals surface area (Å²) in [5, 5.41) is 5.69. The van der Waals surface area contributed by atoms with E-state index in [1.807, 2.05) is 50.2 Å². The predicted molar refractivity (Wildman–Crippen MR) is 110 cm³/mol. The molecule has 1 aromatic heterocycles. The molecule has 1 aliphatic rings. The number of para-hydroxylation sites is 1. The first-order valence-electron chi connectivity index (χ1n) is 9.78. The molecular formula is C22H26N4O3. The lowest BCUT2D eigenvalue weighted by molar-refractivity contribution is -0.132. The highest BCUT2D eigenvalue weighted by Gasteiger charge is 2.37. The Morgan fingerprint density at radius 3 is 2.59 bits per heavy atom. The van der Waals surface area contributed by atoms with Gasteiger partial charge in [-0.25, -0.2) is 0 Å². The Hall–Kier alpha value is -3.22. The van der Waals surface area contributed by atoms with Crippen LogP contribution in [0.4, 0.5) is 5.69 Å². The first-order valence-corrected chi connectivity index (χ1v) is 9.78. The maximum Gasteiger partial charge on any atom is 0.243 e. The molecule has 1 fully saturated rings. The summed E-state index contributed by atoms with van der Waals surface area (Å²) >= 11 is 0. The number of benzene rings is 1. The zero-order valence-corrected chi connectivity index (χ0v) is 16.7. The van der Waals surface area contributed by atoms with E-state index in [4.69, 9.17) is 0 Å². The summed E-state index contributed by atoms with van der Waals surface area (Å²) in [5.41, 5.74) is 1.66. The molecule has 1 aromatic carbocycles. The summed E-state index contributed by atoms with van der Waals surface area (Å²) in [6.45, 7) is 4.42. The van der Waals surface area contributed by atoms with Crippen LogP contribution in [-0.4, -0.2) is 35.3 Å². The maximum absolute atomic E-state index is 12.8. The third-order valence-electron chi connectivity index (χ3n) is 5.00. The molecule has 152 valence electrons. The van der Waals surface area contributed by atoms with Crippen molar-refractivity contribution >= 4 is 23.4 Å². The molecule has 7 heteroatoms. The van der Waals surface area contributed by atoms with Crippen molar-refractivity contribution in [3.8, 4) is 0 Å². The van der Waals surface area contributed by atoms with Gasteiger partial charge in [-0.05, 0) is 29.7 Å². The van der Waals surface area contributed by atoms with E-state index in [0.717, 1.165) is 11.3 Å². The van der Waals surface area contributed by atoms with Gasteiger partial charge < -0.3 is 15.5 Å². The van der Waals surface area contributed by atoms with E-state index < -0.39 is 12.0 Å². The highest BCUT2D eigenvalue weighted by molar-refractivity contribution is 6.01. The third kappa shape index (κ3) is 5.19. The average Bonchev–Trinajstić information content (AvgIpc) is 3.13. The van der Waals surface area contributed by atoms with Crippen LogP contribution in [0, 0.1) is 11.8 Å². The van der Waals surface area contributed by atoms with E-state index in [9.17, 15) is 14.4 Å². The fraction of sp³-hybridized carbons (Fsp3) is 0.364. The molecule has 0 radical (unpaired) electrons. The van der Waals surface area contributed by atoms with Crippen molar-refractivity contribution in [3.63, 3.8) is 0 Å². The van der Waals surface area contributed by atoms with E-state index in [2.05, 4.69) is 15.6 Å². The number of carbonyl (C=O) groups excluding carboxylic acids is 3. The number of amides is 3. The topological polar surface area (TPSA) is 91.4 Å². The number of nitrogens with zero attached hydrogens (tertiary/aromatic N) is 2. The van der Waals surface area contributed by atoms with E-state index in [-0.39, 0.29) is 30.1 Å². The Labute approximate surface area is 170 Å². The fourth-order valence-electron chi connectivity index (χ4n) is 3.35. The molecule has 0 aliphatic carbocycles. The highest BCUT2D eigenvalue weighted by atomic mass is 16.2. The minimum Gasteiger partial charge on any atom is -0.350 e. The van der Waals surface area contributed by atoms with Gasteiger partial charge in [-0.3, -0.25) is 19.4 Å². The SMILES string of the molecule is CC(C)[C@H](NC(=O)[C@H]1CC(=O)N(c2ccccc2)C1)C(=O)NCc1cccnc1. The lowest BCUT2D eigenvalue weighted by atomic mass is 10.0. The predicted octanol–water partition coefficient (Wildman–Crippen LogP) is 1.89. The second-order valence-electron chi connectivity index (χ2n) is 7.55. The average molecular weight is 394 g/mol. The van der Waals surface area contributed by atoms with Crippen LogP contribution in [-0.2, 0) is 20.9 Å². The normalized spacial score (nSPS) is 17.3. The standard InChI is InChI=1S/C22H26N4O3/c1-15(2)20(22(29)24-13-16-7-6-10-23-12-16)25-21(28)17-11-19(27)26(14-17)18-8-4-3-5-9-18/h3-10,12,15,17,20H,11,13-14H2,1-2H3,(H,24,29)(H,25,28)/t17-,20-/m0/s1. The lowest BCUT2D eigenvalue weighted by Crippen LogP contribution is -2.51. The maximum atomic E-state index is 12.8. The van der Waals surface area contributed by atoms with Crippen molar-refractivity contribution in [2.75, 3.05) is 11.4 Å². The summed E-state index contributed by atoms with van der Waals surface area (Å²) in [6, 6.07) is 12.3. The molecule has 0 spiro atoms. The fourth-order valence-corrected chi connectivity index (χ4v) is 3.35.